The quantitative estimate of drug-likeness (QED) is 0.660. The number of carbonyl (C=O) groups is 1. The Balaban J connectivity index is 2.08. The lowest BCUT2D eigenvalue weighted by Gasteiger charge is -2.06. The predicted molar refractivity (Wildman–Crippen MR) is 88.1 cm³/mol. The van der Waals surface area contributed by atoms with E-state index in [1.807, 2.05) is 6.07 Å². The lowest BCUT2D eigenvalue weighted by atomic mass is 10.2. The van der Waals surface area contributed by atoms with Gasteiger partial charge in [0.2, 0.25) is 5.17 Å². The number of hydrazone groups is 1. The van der Waals surface area contributed by atoms with Gasteiger partial charge in [-0.05, 0) is 24.3 Å². The van der Waals surface area contributed by atoms with Crippen molar-refractivity contribution in [2.75, 3.05) is 10.7 Å². The van der Waals surface area contributed by atoms with E-state index < -0.39 is 5.91 Å². The van der Waals surface area contributed by atoms with E-state index in [1.165, 1.54) is 0 Å². The molecule has 0 aromatic heterocycles. The van der Waals surface area contributed by atoms with Crippen LogP contribution in [0.25, 0.3) is 0 Å². The molecule has 0 spiro atoms. The molecule has 1 amide bonds. The van der Waals surface area contributed by atoms with E-state index in [0.717, 1.165) is 0 Å². The van der Waals surface area contributed by atoms with Crippen LogP contribution in [-0.4, -0.2) is 11.1 Å². The van der Waals surface area contributed by atoms with E-state index in [-0.39, 0.29) is 5.17 Å². The molecule has 0 aliphatic carbocycles. The number of halogens is 2. The normalized spacial score (nSPS) is 10.7. The number of nitrogens with zero attached hydrogens (tertiary/aromatic N) is 2. The van der Waals surface area contributed by atoms with Crippen molar-refractivity contribution in [1.82, 2.24) is 0 Å². The Morgan fingerprint density at radius 2 is 1.73 bits per heavy atom. The first kappa shape index (κ1) is 15.8. The summed E-state index contributed by atoms with van der Waals surface area (Å²) in [5.41, 5.74) is 3.86. The highest BCUT2D eigenvalue weighted by molar-refractivity contribution is 6.84. The van der Waals surface area contributed by atoms with Crippen LogP contribution in [0.5, 0.6) is 0 Å². The Labute approximate surface area is 137 Å². The average molecular weight is 333 g/mol. The van der Waals surface area contributed by atoms with Crippen molar-refractivity contribution >= 4 is 45.7 Å². The molecule has 0 radical (unpaired) electrons. The SMILES string of the molecule is N#Cc1ccccc1N/N=C(\Cl)C(=O)Nc1ccccc1Cl. The second kappa shape index (κ2) is 7.46. The monoisotopic (exact) mass is 332 g/mol. The minimum Gasteiger partial charge on any atom is -0.318 e. The Morgan fingerprint density at radius 1 is 1.09 bits per heavy atom. The molecule has 0 heterocycles. The molecular weight excluding hydrogens is 323 g/mol. The van der Waals surface area contributed by atoms with Crippen molar-refractivity contribution < 1.29 is 4.79 Å². The summed E-state index contributed by atoms with van der Waals surface area (Å²) in [6.45, 7) is 0. The Hall–Kier alpha value is -2.55. The summed E-state index contributed by atoms with van der Waals surface area (Å²) in [5.74, 6) is -0.614. The first-order valence-corrected chi connectivity index (χ1v) is 6.91. The largest absolute Gasteiger partial charge is 0.318 e. The van der Waals surface area contributed by atoms with Crippen molar-refractivity contribution in [3.05, 3.63) is 59.1 Å². The van der Waals surface area contributed by atoms with Crippen LogP contribution >= 0.6 is 23.2 Å². The van der Waals surface area contributed by atoms with Crippen LogP contribution in [0.1, 0.15) is 5.56 Å². The van der Waals surface area contributed by atoms with Crippen LogP contribution in [0.15, 0.2) is 53.6 Å². The molecule has 0 saturated heterocycles. The summed E-state index contributed by atoms with van der Waals surface area (Å²) in [5, 5.41) is 15.3. The molecule has 2 aromatic carbocycles. The lowest BCUT2D eigenvalue weighted by molar-refractivity contribution is -0.110. The Kier molecular flexibility index (Phi) is 5.37. The zero-order chi connectivity index (χ0) is 15.9. The van der Waals surface area contributed by atoms with E-state index in [1.54, 1.807) is 48.5 Å². The van der Waals surface area contributed by atoms with Crippen LogP contribution < -0.4 is 10.7 Å². The lowest BCUT2D eigenvalue weighted by Crippen LogP contribution is -2.19. The van der Waals surface area contributed by atoms with Gasteiger partial charge < -0.3 is 5.32 Å². The topological polar surface area (TPSA) is 77.3 Å². The van der Waals surface area contributed by atoms with Gasteiger partial charge in [-0.25, -0.2) is 0 Å². The standard InChI is InChI=1S/C15H10Cl2N4O/c16-11-6-2-4-8-13(11)19-15(22)14(17)21-20-12-7-3-1-5-10(12)9-18/h1-8,20H,(H,19,22)/b21-14-. The molecule has 0 bridgehead atoms. The van der Waals surface area contributed by atoms with Crippen molar-refractivity contribution in [3.8, 4) is 6.07 Å². The second-order valence-corrected chi connectivity index (χ2v) is 4.87. The van der Waals surface area contributed by atoms with Crippen molar-refractivity contribution in [2.45, 2.75) is 0 Å². The maximum atomic E-state index is 11.9. The number of nitrogens with one attached hydrogen (secondary N) is 2. The minimum atomic E-state index is -0.614. The summed E-state index contributed by atoms with van der Waals surface area (Å²) >= 11 is 11.8. The molecule has 0 aliphatic heterocycles. The molecule has 22 heavy (non-hydrogen) atoms. The van der Waals surface area contributed by atoms with Crippen LogP contribution in [0.3, 0.4) is 0 Å². The molecular formula is C15H10Cl2N4O. The number of benzene rings is 2. The zero-order valence-electron chi connectivity index (χ0n) is 11.2. The number of rotatable bonds is 4. The maximum absolute atomic E-state index is 11.9. The van der Waals surface area contributed by atoms with E-state index in [0.29, 0.717) is 22.0 Å². The highest BCUT2D eigenvalue weighted by Gasteiger charge is 2.11. The first-order chi connectivity index (χ1) is 10.6. The van der Waals surface area contributed by atoms with Gasteiger partial charge in [0.05, 0.1) is 22.0 Å². The van der Waals surface area contributed by atoms with Gasteiger partial charge in [0.25, 0.3) is 5.91 Å². The van der Waals surface area contributed by atoms with Gasteiger partial charge in [0, 0.05) is 0 Å². The molecule has 2 N–H and O–H groups in total. The first-order valence-electron chi connectivity index (χ1n) is 6.16. The van der Waals surface area contributed by atoms with Gasteiger partial charge in [0.15, 0.2) is 0 Å². The number of anilines is 2. The van der Waals surface area contributed by atoms with Gasteiger partial charge in [0.1, 0.15) is 6.07 Å². The molecule has 0 fully saturated rings. The molecule has 0 unspecified atom stereocenters. The summed E-state index contributed by atoms with van der Waals surface area (Å²) in [6.07, 6.45) is 0. The molecule has 0 atom stereocenters. The van der Waals surface area contributed by atoms with Crippen molar-refractivity contribution in [3.63, 3.8) is 0 Å². The number of hydrogen-bond donors (Lipinski definition) is 2. The molecule has 0 aliphatic rings. The van der Waals surface area contributed by atoms with Crippen LogP contribution in [0.2, 0.25) is 5.02 Å². The van der Waals surface area contributed by atoms with Gasteiger partial charge in [-0.2, -0.15) is 10.4 Å². The Bertz CT molecular complexity index is 768. The molecule has 5 nitrogen and oxygen atoms in total. The fourth-order valence-electron chi connectivity index (χ4n) is 1.57. The number of para-hydroxylation sites is 2. The summed E-state index contributed by atoms with van der Waals surface area (Å²) in [6, 6.07) is 15.5. The average Bonchev–Trinajstić information content (AvgIpc) is 2.54. The third-order valence-corrected chi connectivity index (χ3v) is 3.22. The summed E-state index contributed by atoms with van der Waals surface area (Å²) < 4.78 is 0. The van der Waals surface area contributed by atoms with E-state index in [9.17, 15) is 4.79 Å². The fourth-order valence-corrected chi connectivity index (χ4v) is 1.85. The van der Waals surface area contributed by atoms with Gasteiger partial charge >= 0.3 is 0 Å². The van der Waals surface area contributed by atoms with Gasteiger partial charge in [-0.3, -0.25) is 10.2 Å². The van der Waals surface area contributed by atoms with Crippen LogP contribution in [-0.2, 0) is 4.79 Å². The smallest absolute Gasteiger partial charge is 0.287 e. The van der Waals surface area contributed by atoms with Crippen molar-refractivity contribution in [2.24, 2.45) is 5.10 Å². The number of hydrogen-bond acceptors (Lipinski definition) is 4. The zero-order valence-corrected chi connectivity index (χ0v) is 12.7. The maximum Gasteiger partial charge on any atom is 0.287 e. The summed E-state index contributed by atoms with van der Waals surface area (Å²) in [4.78, 5) is 11.9. The number of amides is 1. The second-order valence-electron chi connectivity index (χ2n) is 4.11. The third-order valence-electron chi connectivity index (χ3n) is 2.63. The van der Waals surface area contributed by atoms with Crippen LogP contribution in [0, 0.1) is 11.3 Å². The number of nitriles is 1. The molecule has 110 valence electrons. The number of carbonyl (C=O) groups excluding carboxylic acids is 1. The Morgan fingerprint density at radius 3 is 2.41 bits per heavy atom. The molecule has 7 heteroatoms. The molecule has 2 aromatic rings. The highest BCUT2D eigenvalue weighted by Crippen LogP contribution is 2.20. The summed E-state index contributed by atoms with van der Waals surface area (Å²) in [7, 11) is 0. The third kappa shape index (κ3) is 3.98. The molecule has 2 rings (SSSR count). The highest BCUT2D eigenvalue weighted by atomic mass is 35.5. The van der Waals surface area contributed by atoms with Gasteiger partial charge in [-0.15, -0.1) is 0 Å². The minimum absolute atomic E-state index is 0.312. The molecule has 0 saturated carbocycles. The van der Waals surface area contributed by atoms with E-state index in [4.69, 9.17) is 28.5 Å². The van der Waals surface area contributed by atoms with Crippen molar-refractivity contribution in [1.29, 1.82) is 5.26 Å². The fraction of sp³-hybridized carbons (Fsp3) is 0. The van der Waals surface area contributed by atoms with Crippen LogP contribution in [0.4, 0.5) is 11.4 Å². The van der Waals surface area contributed by atoms with E-state index >= 15 is 0 Å². The van der Waals surface area contributed by atoms with E-state index in [2.05, 4.69) is 15.8 Å². The van der Waals surface area contributed by atoms with Gasteiger partial charge in [-0.1, -0.05) is 47.5 Å². The predicted octanol–water partition coefficient (Wildman–Crippen LogP) is 3.81.